The second kappa shape index (κ2) is 7.08. The number of aliphatic hydroxyl groups excluding tert-OH is 1. The van der Waals surface area contributed by atoms with Gasteiger partial charge in [0.05, 0.1) is 25.5 Å². The van der Waals surface area contributed by atoms with Gasteiger partial charge in [0.1, 0.15) is 12.3 Å². The molecule has 7 nitrogen and oxygen atoms in total. The van der Waals surface area contributed by atoms with E-state index in [2.05, 4.69) is 0 Å². The van der Waals surface area contributed by atoms with Crippen LogP contribution in [0.15, 0.2) is 46.1 Å². The Kier molecular flexibility index (Phi) is 4.89. The molecule has 128 valence electrons. The van der Waals surface area contributed by atoms with E-state index in [0.29, 0.717) is 6.61 Å². The van der Waals surface area contributed by atoms with Gasteiger partial charge in [0.15, 0.2) is 0 Å². The normalized spacial score (nSPS) is 23.5. The zero-order valence-corrected chi connectivity index (χ0v) is 12.7. The van der Waals surface area contributed by atoms with Crippen LogP contribution in [-0.2, 0) is 16.1 Å². The van der Waals surface area contributed by atoms with Crippen LogP contribution < -0.4 is 11.2 Å². The monoisotopic (exact) mass is 336 g/mol. The Morgan fingerprint density at radius 3 is 2.83 bits per heavy atom. The Labute approximate surface area is 136 Å². The summed E-state index contributed by atoms with van der Waals surface area (Å²) in [4.78, 5) is 24.7. The summed E-state index contributed by atoms with van der Waals surface area (Å²) in [6, 6.07) is 9.52. The fourth-order valence-corrected chi connectivity index (χ4v) is 2.58. The van der Waals surface area contributed by atoms with Crippen molar-refractivity contribution < 1.29 is 19.0 Å². The maximum absolute atomic E-state index is 13.4. The van der Waals surface area contributed by atoms with Crippen LogP contribution in [0, 0.1) is 5.82 Å². The van der Waals surface area contributed by atoms with E-state index in [4.69, 9.17) is 9.47 Å². The second-order valence-corrected chi connectivity index (χ2v) is 5.58. The van der Waals surface area contributed by atoms with E-state index in [1.54, 1.807) is 0 Å². The highest BCUT2D eigenvalue weighted by atomic mass is 19.1. The fourth-order valence-electron chi connectivity index (χ4n) is 2.58. The van der Waals surface area contributed by atoms with Crippen molar-refractivity contribution >= 4 is 0 Å². The van der Waals surface area contributed by atoms with Gasteiger partial charge in [-0.25, -0.2) is 4.79 Å². The van der Waals surface area contributed by atoms with Gasteiger partial charge < -0.3 is 14.6 Å². The van der Waals surface area contributed by atoms with E-state index in [1.165, 1.54) is 0 Å². The Morgan fingerprint density at radius 1 is 1.33 bits per heavy atom. The number of aromatic nitrogens is 2. The highest BCUT2D eigenvalue weighted by Gasteiger charge is 2.35. The van der Waals surface area contributed by atoms with E-state index in [-0.39, 0.29) is 13.0 Å². The standard InChI is InChI=1S/C16H17FN2O5/c17-11-7-19(16(22)18-15(11)21)14-6-12(20)13(24-14)9-23-8-10-4-2-1-3-5-10/h1-5,7,12-14,20H,6,8-9H2,(H,18,21,22)/t12-,13+,14+/m0/s1. The number of benzene rings is 1. The zero-order chi connectivity index (χ0) is 17.1. The average molecular weight is 336 g/mol. The molecule has 1 saturated heterocycles. The van der Waals surface area contributed by atoms with Crippen LogP contribution in [0.2, 0.25) is 0 Å². The van der Waals surface area contributed by atoms with Crippen LogP contribution in [0.25, 0.3) is 0 Å². The summed E-state index contributed by atoms with van der Waals surface area (Å²) in [5, 5.41) is 10.0. The number of halogens is 1. The Balaban J connectivity index is 1.61. The topological polar surface area (TPSA) is 93.6 Å². The van der Waals surface area contributed by atoms with Crippen LogP contribution in [0.4, 0.5) is 4.39 Å². The summed E-state index contributed by atoms with van der Waals surface area (Å²) in [7, 11) is 0. The number of nitrogens with zero attached hydrogens (tertiary/aromatic N) is 1. The molecule has 3 atom stereocenters. The van der Waals surface area contributed by atoms with E-state index >= 15 is 0 Å². The smallest absolute Gasteiger partial charge is 0.330 e. The third kappa shape index (κ3) is 3.61. The molecule has 0 spiro atoms. The van der Waals surface area contributed by atoms with Crippen molar-refractivity contribution in [2.75, 3.05) is 6.61 Å². The highest BCUT2D eigenvalue weighted by molar-refractivity contribution is 5.13. The van der Waals surface area contributed by atoms with E-state index < -0.39 is 35.5 Å². The second-order valence-electron chi connectivity index (χ2n) is 5.58. The molecule has 1 aromatic heterocycles. The molecule has 2 heterocycles. The quantitative estimate of drug-likeness (QED) is 0.831. The first-order valence-electron chi connectivity index (χ1n) is 7.51. The van der Waals surface area contributed by atoms with Gasteiger partial charge in [0, 0.05) is 6.42 Å². The third-order valence-electron chi connectivity index (χ3n) is 3.83. The number of hydrogen-bond donors (Lipinski definition) is 2. The van der Waals surface area contributed by atoms with Crippen LogP contribution in [0.5, 0.6) is 0 Å². The highest BCUT2D eigenvalue weighted by Crippen LogP contribution is 2.27. The van der Waals surface area contributed by atoms with Crippen molar-refractivity contribution in [1.82, 2.24) is 9.55 Å². The first kappa shape index (κ1) is 16.6. The first-order valence-corrected chi connectivity index (χ1v) is 7.51. The molecule has 1 fully saturated rings. The van der Waals surface area contributed by atoms with Crippen molar-refractivity contribution in [1.29, 1.82) is 0 Å². The molecule has 3 rings (SSSR count). The minimum Gasteiger partial charge on any atom is -0.390 e. The number of nitrogens with one attached hydrogen (secondary N) is 1. The predicted molar refractivity (Wildman–Crippen MR) is 81.9 cm³/mol. The van der Waals surface area contributed by atoms with Gasteiger partial charge in [-0.2, -0.15) is 4.39 Å². The predicted octanol–water partition coefficient (Wildman–Crippen LogP) is 0.541. The molecule has 2 N–H and O–H groups in total. The van der Waals surface area contributed by atoms with Gasteiger partial charge in [-0.3, -0.25) is 14.3 Å². The number of aliphatic hydroxyl groups is 1. The minimum atomic E-state index is -1.09. The Hall–Kier alpha value is -2.29. The SMILES string of the molecule is O=c1[nH]c(=O)n([C@H]2C[C@H](O)[C@@H](COCc3ccccc3)O2)cc1F. The molecule has 0 bridgehead atoms. The van der Waals surface area contributed by atoms with Gasteiger partial charge in [-0.15, -0.1) is 0 Å². The lowest BCUT2D eigenvalue weighted by molar-refractivity contribution is -0.0669. The molecule has 24 heavy (non-hydrogen) atoms. The zero-order valence-electron chi connectivity index (χ0n) is 12.7. The van der Waals surface area contributed by atoms with Gasteiger partial charge >= 0.3 is 5.69 Å². The van der Waals surface area contributed by atoms with Crippen molar-refractivity contribution in [3.8, 4) is 0 Å². The van der Waals surface area contributed by atoms with Gasteiger partial charge in [0.2, 0.25) is 5.82 Å². The maximum Gasteiger partial charge on any atom is 0.330 e. The molecular formula is C16H17FN2O5. The molecule has 0 amide bonds. The Bertz CT molecular complexity index is 804. The van der Waals surface area contributed by atoms with Crippen LogP contribution in [-0.4, -0.2) is 33.5 Å². The van der Waals surface area contributed by atoms with E-state index in [9.17, 15) is 19.1 Å². The summed E-state index contributed by atoms with van der Waals surface area (Å²) in [6.07, 6.45) is -1.46. The maximum atomic E-state index is 13.4. The number of H-pyrrole nitrogens is 1. The lowest BCUT2D eigenvalue weighted by Gasteiger charge is -2.16. The molecule has 8 heteroatoms. The molecule has 0 radical (unpaired) electrons. The number of ether oxygens (including phenoxy) is 2. The van der Waals surface area contributed by atoms with E-state index in [0.717, 1.165) is 16.3 Å². The Morgan fingerprint density at radius 2 is 2.08 bits per heavy atom. The molecule has 1 aliphatic rings. The van der Waals surface area contributed by atoms with Crippen LogP contribution in [0.1, 0.15) is 18.2 Å². The average Bonchev–Trinajstić information content (AvgIpc) is 2.93. The van der Waals surface area contributed by atoms with E-state index in [1.807, 2.05) is 35.3 Å². The first-order chi connectivity index (χ1) is 11.5. The molecule has 1 aliphatic heterocycles. The summed E-state index contributed by atoms with van der Waals surface area (Å²) < 4.78 is 25.4. The summed E-state index contributed by atoms with van der Waals surface area (Å²) in [6.45, 7) is 0.498. The van der Waals surface area contributed by atoms with Crippen molar-refractivity contribution in [2.45, 2.75) is 31.5 Å². The van der Waals surface area contributed by atoms with Crippen molar-refractivity contribution in [3.63, 3.8) is 0 Å². The lowest BCUT2D eigenvalue weighted by Crippen LogP contribution is -2.34. The summed E-state index contributed by atoms with van der Waals surface area (Å²) in [5.41, 5.74) is -0.887. The summed E-state index contributed by atoms with van der Waals surface area (Å²) in [5.74, 6) is -1.09. The summed E-state index contributed by atoms with van der Waals surface area (Å²) >= 11 is 0. The fraction of sp³-hybridized carbons (Fsp3) is 0.375. The van der Waals surface area contributed by atoms with Gasteiger partial charge in [-0.1, -0.05) is 30.3 Å². The molecule has 0 saturated carbocycles. The van der Waals surface area contributed by atoms with Crippen molar-refractivity contribution in [3.05, 3.63) is 68.7 Å². The molecule has 0 unspecified atom stereocenters. The number of rotatable bonds is 5. The van der Waals surface area contributed by atoms with Gasteiger partial charge in [0.25, 0.3) is 5.56 Å². The van der Waals surface area contributed by atoms with Crippen LogP contribution >= 0.6 is 0 Å². The molecule has 0 aliphatic carbocycles. The third-order valence-corrected chi connectivity index (χ3v) is 3.83. The van der Waals surface area contributed by atoms with Crippen LogP contribution in [0.3, 0.4) is 0 Å². The molecular weight excluding hydrogens is 319 g/mol. The molecule has 2 aromatic rings. The van der Waals surface area contributed by atoms with Crippen molar-refractivity contribution in [2.24, 2.45) is 0 Å². The molecule has 1 aromatic carbocycles. The lowest BCUT2D eigenvalue weighted by atomic mass is 10.2. The number of aromatic amines is 1. The largest absolute Gasteiger partial charge is 0.390 e. The number of hydrogen-bond acceptors (Lipinski definition) is 5. The van der Waals surface area contributed by atoms with Gasteiger partial charge in [-0.05, 0) is 5.56 Å². The minimum absolute atomic E-state index is 0.102.